The first-order valence-corrected chi connectivity index (χ1v) is 6.16. The molecule has 1 fully saturated rings. The quantitative estimate of drug-likeness (QED) is 0.711. The van der Waals surface area contributed by atoms with E-state index in [1.54, 1.807) is 0 Å². The Morgan fingerprint density at radius 3 is 2.87 bits per heavy atom. The molecule has 1 aliphatic carbocycles. The topological polar surface area (TPSA) is 38.3 Å². The Labute approximate surface area is 92.6 Å². The van der Waals surface area contributed by atoms with Crippen LogP contribution in [0.5, 0.6) is 0 Å². The van der Waals surface area contributed by atoms with E-state index in [9.17, 15) is 4.79 Å². The smallest absolute Gasteiger partial charge is 0.320 e. The van der Waals surface area contributed by atoms with Gasteiger partial charge in [-0.05, 0) is 31.7 Å². The van der Waals surface area contributed by atoms with Gasteiger partial charge in [-0.1, -0.05) is 26.7 Å². The molecule has 0 amide bonds. The molecule has 1 rings (SSSR count). The first-order chi connectivity index (χ1) is 7.26. The Morgan fingerprint density at radius 1 is 1.40 bits per heavy atom. The summed E-state index contributed by atoms with van der Waals surface area (Å²) in [6, 6.07) is 0. The molecule has 0 aromatic carbocycles. The largest absolute Gasteiger partial charge is 0.461 e. The number of esters is 1. The third-order valence-electron chi connectivity index (χ3n) is 3.13. The maximum atomic E-state index is 11.4. The van der Waals surface area contributed by atoms with E-state index in [4.69, 9.17) is 4.74 Å². The number of hydrogen-bond acceptors (Lipinski definition) is 3. The molecule has 0 heterocycles. The summed E-state index contributed by atoms with van der Waals surface area (Å²) < 4.78 is 5.42. The Balaban J connectivity index is 2.22. The highest BCUT2D eigenvalue weighted by Gasteiger charge is 2.23. The Kier molecular flexibility index (Phi) is 5.69. The van der Waals surface area contributed by atoms with Gasteiger partial charge in [-0.25, -0.2) is 0 Å². The van der Waals surface area contributed by atoms with E-state index in [0.29, 0.717) is 6.54 Å². The van der Waals surface area contributed by atoms with E-state index in [1.165, 1.54) is 19.3 Å². The van der Waals surface area contributed by atoms with Crippen LogP contribution in [0.15, 0.2) is 0 Å². The molecule has 1 N–H and O–H groups in total. The second kappa shape index (κ2) is 6.83. The van der Waals surface area contributed by atoms with Crippen LogP contribution in [0.4, 0.5) is 0 Å². The second-order valence-electron chi connectivity index (χ2n) is 4.33. The summed E-state index contributed by atoms with van der Waals surface area (Å²) in [5.41, 5.74) is 0. The average Bonchev–Trinajstić information content (AvgIpc) is 2.26. The first kappa shape index (κ1) is 12.5. The molecule has 0 aliphatic heterocycles. The molecule has 88 valence electrons. The lowest BCUT2D eigenvalue weighted by Crippen LogP contribution is -2.31. The van der Waals surface area contributed by atoms with Crippen molar-refractivity contribution in [2.75, 3.05) is 13.1 Å². The molecular weight excluding hydrogens is 190 g/mol. The van der Waals surface area contributed by atoms with Gasteiger partial charge in [-0.15, -0.1) is 0 Å². The Morgan fingerprint density at radius 2 is 2.20 bits per heavy atom. The molecule has 0 saturated heterocycles. The molecular formula is C12H23NO2. The fourth-order valence-corrected chi connectivity index (χ4v) is 2.17. The molecule has 0 spiro atoms. The van der Waals surface area contributed by atoms with E-state index < -0.39 is 0 Å². The van der Waals surface area contributed by atoms with Crippen LogP contribution in [0, 0.1) is 5.92 Å². The summed E-state index contributed by atoms with van der Waals surface area (Å²) in [7, 11) is 0. The number of carbonyl (C=O) groups is 1. The molecule has 0 radical (unpaired) electrons. The van der Waals surface area contributed by atoms with Crippen molar-refractivity contribution in [1.82, 2.24) is 5.32 Å². The van der Waals surface area contributed by atoms with Gasteiger partial charge in [0.2, 0.25) is 0 Å². The van der Waals surface area contributed by atoms with Crippen LogP contribution in [0.2, 0.25) is 0 Å². The molecule has 3 nitrogen and oxygen atoms in total. The van der Waals surface area contributed by atoms with Gasteiger partial charge in [0.15, 0.2) is 0 Å². The lowest BCUT2D eigenvalue weighted by atomic mass is 9.85. The molecule has 15 heavy (non-hydrogen) atoms. The molecule has 3 heteroatoms. The summed E-state index contributed by atoms with van der Waals surface area (Å²) in [4.78, 5) is 11.4. The number of rotatable bonds is 5. The van der Waals surface area contributed by atoms with Crippen LogP contribution >= 0.6 is 0 Å². The maximum absolute atomic E-state index is 11.4. The maximum Gasteiger partial charge on any atom is 0.320 e. The van der Waals surface area contributed by atoms with Crippen LogP contribution < -0.4 is 5.32 Å². The van der Waals surface area contributed by atoms with Gasteiger partial charge >= 0.3 is 5.97 Å². The first-order valence-electron chi connectivity index (χ1n) is 6.16. The zero-order valence-corrected chi connectivity index (χ0v) is 9.92. The van der Waals surface area contributed by atoms with Gasteiger partial charge in [0.1, 0.15) is 6.10 Å². The number of hydrogen-bond donors (Lipinski definition) is 1. The van der Waals surface area contributed by atoms with E-state index in [-0.39, 0.29) is 12.1 Å². The highest BCUT2D eigenvalue weighted by Crippen LogP contribution is 2.28. The monoisotopic (exact) mass is 213 g/mol. The minimum Gasteiger partial charge on any atom is -0.461 e. The molecule has 0 bridgehead atoms. The van der Waals surface area contributed by atoms with Crippen LogP contribution in [0.1, 0.15) is 46.0 Å². The van der Waals surface area contributed by atoms with Crippen LogP contribution in [-0.2, 0) is 9.53 Å². The second-order valence-corrected chi connectivity index (χ2v) is 4.33. The zero-order valence-electron chi connectivity index (χ0n) is 9.92. The van der Waals surface area contributed by atoms with Crippen molar-refractivity contribution in [3.63, 3.8) is 0 Å². The number of nitrogens with one attached hydrogen (secondary N) is 1. The summed E-state index contributed by atoms with van der Waals surface area (Å²) in [6.45, 7) is 5.37. The van der Waals surface area contributed by atoms with Crippen LogP contribution in [-0.4, -0.2) is 25.2 Å². The number of likely N-dealkylation sites (N-methyl/N-ethyl adjacent to an activating group) is 1. The van der Waals surface area contributed by atoms with Gasteiger partial charge in [0, 0.05) is 0 Å². The van der Waals surface area contributed by atoms with Crippen molar-refractivity contribution in [2.45, 2.75) is 52.1 Å². The highest BCUT2D eigenvalue weighted by molar-refractivity contribution is 5.71. The zero-order chi connectivity index (χ0) is 11.1. The highest BCUT2D eigenvalue weighted by atomic mass is 16.5. The van der Waals surface area contributed by atoms with Crippen molar-refractivity contribution in [3.05, 3.63) is 0 Å². The van der Waals surface area contributed by atoms with Crippen LogP contribution in [0.3, 0.4) is 0 Å². The standard InChI is InChI=1S/C12H23NO2/c1-3-10-6-5-7-11(8-10)15-12(14)9-13-4-2/h10-11,13H,3-9H2,1-2H3. The summed E-state index contributed by atoms with van der Waals surface area (Å²) in [5, 5.41) is 2.99. The minimum absolute atomic E-state index is 0.0985. The summed E-state index contributed by atoms with van der Waals surface area (Å²) in [5.74, 6) is 0.661. The van der Waals surface area contributed by atoms with Crippen molar-refractivity contribution in [3.8, 4) is 0 Å². The van der Waals surface area contributed by atoms with Gasteiger partial charge < -0.3 is 10.1 Å². The van der Waals surface area contributed by atoms with Gasteiger partial charge in [0.25, 0.3) is 0 Å². The predicted octanol–water partition coefficient (Wildman–Crippen LogP) is 2.11. The van der Waals surface area contributed by atoms with Crippen molar-refractivity contribution in [2.24, 2.45) is 5.92 Å². The van der Waals surface area contributed by atoms with E-state index in [2.05, 4.69) is 12.2 Å². The molecule has 2 atom stereocenters. The number of carbonyl (C=O) groups excluding carboxylic acids is 1. The SMILES string of the molecule is CCNCC(=O)OC1CCCC(CC)C1. The van der Waals surface area contributed by atoms with Gasteiger partial charge in [0.05, 0.1) is 6.54 Å². The molecule has 0 aromatic heterocycles. The average molecular weight is 213 g/mol. The fourth-order valence-electron chi connectivity index (χ4n) is 2.17. The third kappa shape index (κ3) is 4.65. The summed E-state index contributed by atoms with van der Waals surface area (Å²) in [6.07, 6.45) is 6.01. The van der Waals surface area contributed by atoms with E-state index in [1.807, 2.05) is 6.92 Å². The van der Waals surface area contributed by atoms with Gasteiger partial charge in [-0.2, -0.15) is 0 Å². The number of ether oxygens (including phenoxy) is 1. The van der Waals surface area contributed by atoms with Crippen LogP contribution in [0.25, 0.3) is 0 Å². The molecule has 2 unspecified atom stereocenters. The third-order valence-corrected chi connectivity index (χ3v) is 3.13. The van der Waals surface area contributed by atoms with Crippen molar-refractivity contribution >= 4 is 5.97 Å². The normalized spacial score (nSPS) is 26.3. The predicted molar refractivity (Wildman–Crippen MR) is 60.7 cm³/mol. The lowest BCUT2D eigenvalue weighted by Gasteiger charge is -2.28. The van der Waals surface area contributed by atoms with Gasteiger partial charge in [-0.3, -0.25) is 4.79 Å². The van der Waals surface area contributed by atoms with Crippen molar-refractivity contribution in [1.29, 1.82) is 0 Å². The minimum atomic E-state index is -0.0985. The Hall–Kier alpha value is -0.570. The van der Waals surface area contributed by atoms with Crippen molar-refractivity contribution < 1.29 is 9.53 Å². The lowest BCUT2D eigenvalue weighted by molar-refractivity contribution is -0.150. The molecule has 1 aliphatic rings. The fraction of sp³-hybridized carbons (Fsp3) is 0.917. The van der Waals surface area contributed by atoms with E-state index >= 15 is 0 Å². The Bertz CT molecular complexity index is 194. The summed E-state index contributed by atoms with van der Waals surface area (Å²) >= 11 is 0. The molecule has 0 aromatic rings. The molecule has 1 saturated carbocycles. The van der Waals surface area contributed by atoms with E-state index in [0.717, 1.165) is 25.3 Å².